The standard InChI is InChI=1S/C23H21NO5/c1-15(12-19(25)16-8-4-2-5-9-16)24-18-13-20-21(28-22(18)26)14-27-23(29-20)17-10-6-3-7-11-17/h2-13,20-21,23-24H,14H2,1H3/b15-12-/t20-,21+,23+/m1/s1. The van der Waals surface area contributed by atoms with Gasteiger partial charge in [0.1, 0.15) is 11.8 Å². The Morgan fingerprint density at radius 1 is 1.07 bits per heavy atom. The normalized spacial score (nSPS) is 24.2. The summed E-state index contributed by atoms with van der Waals surface area (Å²) in [4.78, 5) is 24.6. The molecule has 1 saturated heterocycles. The number of fused-ring (bicyclic) bond motifs is 1. The van der Waals surface area contributed by atoms with Crippen LogP contribution in [0, 0.1) is 0 Å². The van der Waals surface area contributed by atoms with Gasteiger partial charge in [0.2, 0.25) is 0 Å². The van der Waals surface area contributed by atoms with E-state index in [-0.39, 0.29) is 18.1 Å². The van der Waals surface area contributed by atoms with E-state index in [1.165, 1.54) is 6.08 Å². The molecule has 2 aliphatic rings. The monoisotopic (exact) mass is 391 g/mol. The predicted octanol–water partition coefficient (Wildman–Crippen LogP) is 3.29. The van der Waals surface area contributed by atoms with Crippen LogP contribution in [-0.2, 0) is 19.0 Å². The van der Waals surface area contributed by atoms with Gasteiger partial charge in [-0.1, -0.05) is 60.7 Å². The number of ether oxygens (including phenoxy) is 3. The van der Waals surface area contributed by atoms with Crippen LogP contribution in [-0.4, -0.2) is 30.6 Å². The summed E-state index contributed by atoms with van der Waals surface area (Å²) >= 11 is 0. The number of ketones is 1. The zero-order valence-electron chi connectivity index (χ0n) is 15.9. The molecule has 148 valence electrons. The second-order valence-corrected chi connectivity index (χ2v) is 6.88. The SMILES string of the molecule is C/C(=C/C(=O)c1ccccc1)NC1=C[C@H]2O[C@@H](c3ccccc3)OC[C@@H]2OC1=O. The van der Waals surface area contributed by atoms with Gasteiger partial charge >= 0.3 is 5.97 Å². The number of hydrogen-bond acceptors (Lipinski definition) is 6. The third-order valence-electron chi connectivity index (χ3n) is 4.68. The lowest BCUT2D eigenvalue weighted by Crippen LogP contribution is -2.47. The van der Waals surface area contributed by atoms with Crippen LogP contribution < -0.4 is 5.32 Å². The van der Waals surface area contributed by atoms with Crippen molar-refractivity contribution in [2.45, 2.75) is 25.4 Å². The van der Waals surface area contributed by atoms with Gasteiger partial charge in [-0.25, -0.2) is 4.79 Å². The summed E-state index contributed by atoms with van der Waals surface area (Å²) in [5, 5.41) is 2.96. The predicted molar refractivity (Wildman–Crippen MR) is 106 cm³/mol. The van der Waals surface area contributed by atoms with Gasteiger partial charge in [0.25, 0.3) is 0 Å². The average Bonchev–Trinajstić information content (AvgIpc) is 2.75. The third-order valence-corrected chi connectivity index (χ3v) is 4.68. The van der Waals surface area contributed by atoms with Crippen LogP contribution in [0.4, 0.5) is 0 Å². The van der Waals surface area contributed by atoms with Gasteiger partial charge in [0.05, 0.1) is 6.61 Å². The van der Waals surface area contributed by atoms with E-state index in [4.69, 9.17) is 14.2 Å². The minimum absolute atomic E-state index is 0.148. The van der Waals surface area contributed by atoms with Crippen molar-refractivity contribution >= 4 is 11.8 Å². The van der Waals surface area contributed by atoms with Crippen LogP contribution in [0.5, 0.6) is 0 Å². The molecule has 2 heterocycles. The van der Waals surface area contributed by atoms with Crippen molar-refractivity contribution in [2.75, 3.05) is 6.61 Å². The number of allylic oxidation sites excluding steroid dienone is 2. The van der Waals surface area contributed by atoms with E-state index in [2.05, 4.69) is 5.32 Å². The molecule has 0 amide bonds. The highest BCUT2D eigenvalue weighted by molar-refractivity contribution is 6.04. The Kier molecular flexibility index (Phi) is 5.55. The van der Waals surface area contributed by atoms with Crippen molar-refractivity contribution in [3.8, 4) is 0 Å². The maximum absolute atomic E-state index is 12.3. The molecular formula is C23H21NO5. The molecule has 0 bridgehead atoms. The van der Waals surface area contributed by atoms with E-state index in [9.17, 15) is 9.59 Å². The zero-order chi connectivity index (χ0) is 20.2. The van der Waals surface area contributed by atoms with Crippen LogP contribution in [0.15, 0.2) is 84.2 Å². The minimum atomic E-state index is -0.525. The topological polar surface area (TPSA) is 73.9 Å². The fourth-order valence-electron chi connectivity index (χ4n) is 3.24. The van der Waals surface area contributed by atoms with Gasteiger partial charge in [0.15, 0.2) is 18.2 Å². The summed E-state index contributed by atoms with van der Waals surface area (Å²) in [5.74, 6) is -0.652. The van der Waals surface area contributed by atoms with Crippen LogP contribution in [0.1, 0.15) is 29.1 Å². The Balaban J connectivity index is 1.47. The highest BCUT2D eigenvalue weighted by Gasteiger charge is 2.38. The first-order valence-corrected chi connectivity index (χ1v) is 9.39. The van der Waals surface area contributed by atoms with Crippen molar-refractivity contribution < 1.29 is 23.8 Å². The molecule has 1 fully saturated rings. The summed E-state index contributed by atoms with van der Waals surface area (Å²) in [6, 6.07) is 18.5. The Morgan fingerprint density at radius 3 is 2.48 bits per heavy atom. The summed E-state index contributed by atoms with van der Waals surface area (Å²) in [5.41, 5.74) is 2.25. The van der Waals surface area contributed by atoms with Gasteiger partial charge in [-0.15, -0.1) is 0 Å². The van der Waals surface area contributed by atoms with Crippen molar-refractivity contribution in [1.82, 2.24) is 5.32 Å². The maximum atomic E-state index is 12.3. The van der Waals surface area contributed by atoms with Crippen LogP contribution in [0.25, 0.3) is 0 Å². The summed E-state index contributed by atoms with van der Waals surface area (Å²) in [7, 11) is 0. The number of hydrogen-bond donors (Lipinski definition) is 1. The first-order valence-electron chi connectivity index (χ1n) is 9.39. The number of carbonyl (C=O) groups excluding carboxylic acids is 2. The molecule has 2 aromatic carbocycles. The van der Waals surface area contributed by atoms with E-state index >= 15 is 0 Å². The number of carbonyl (C=O) groups is 2. The van der Waals surface area contributed by atoms with Crippen LogP contribution in [0.2, 0.25) is 0 Å². The molecular weight excluding hydrogens is 370 g/mol. The van der Waals surface area contributed by atoms with Crippen molar-refractivity contribution in [1.29, 1.82) is 0 Å². The van der Waals surface area contributed by atoms with E-state index in [0.717, 1.165) is 5.56 Å². The van der Waals surface area contributed by atoms with Crippen molar-refractivity contribution in [2.24, 2.45) is 0 Å². The van der Waals surface area contributed by atoms with Gasteiger partial charge in [0, 0.05) is 22.9 Å². The highest BCUT2D eigenvalue weighted by atomic mass is 16.7. The molecule has 0 aromatic heterocycles. The first kappa shape index (κ1) is 19.1. The van der Waals surface area contributed by atoms with Crippen LogP contribution >= 0.6 is 0 Å². The van der Waals surface area contributed by atoms with Gasteiger partial charge in [-0.3, -0.25) is 4.79 Å². The number of rotatable bonds is 5. The van der Waals surface area contributed by atoms with E-state index in [1.807, 2.05) is 36.4 Å². The molecule has 2 aromatic rings. The quantitative estimate of drug-likeness (QED) is 0.479. The Labute approximate surface area is 168 Å². The summed E-state index contributed by atoms with van der Waals surface area (Å²) in [6.45, 7) is 1.97. The molecule has 6 nitrogen and oxygen atoms in total. The largest absolute Gasteiger partial charge is 0.452 e. The molecule has 3 atom stereocenters. The second kappa shape index (κ2) is 8.43. The van der Waals surface area contributed by atoms with E-state index in [0.29, 0.717) is 11.3 Å². The smallest absolute Gasteiger partial charge is 0.354 e. The first-order chi connectivity index (χ1) is 14.1. The molecule has 2 aliphatic heterocycles. The highest BCUT2D eigenvalue weighted by Crippen LogP contribution is 2.30. The lowest BCUT2D eigenvalue weighted by Gasteiger charge is -2.37. The fourth-order valence-corrected chi connectivity index (χ4v) is 3.24. The van der Waals surface area contributed by atoms with E-state index in [1.54, 1.807) is 37.3 Å². The molecule has 6 heteroatoms. The Bertz CT molecular complexity index is 952. The summed E-state index contributed by atoms with van der Waals surface area (Å²) < 4.78 is 17.1. The Hall–Kier alpha value is -3.22. The minimum Gasteiger partial charge on any atom is -0.452 e. The molecule has 0 aliphatic carbocycles. The molecule has 0 unspecified atom stereocenters. The number of benzene rings is 2. The van der Waals surface area contributed by atoms with Gasteiger partial charge in [-0.05, 0) is 13.0 Å². The van der Waals surface area contributed by atoms with Gasteiger partial charge in [-0.2, -0.15) is 0 Å². The lowest BCUT2D eigenvalue weighted by molar-refractivity contribution is -0.252. The van der Waals surface area contributed by atoms with Crippen molar-refractivity contribution in [3.63, 3.8) is 0 Å². The number of esters is 1. The zero-order valence-corrected chi connectivity index (χ0v) is 15.9. The Morgan fingerprint density at radius 2 is 1.76 bits per heavy atom. The molecule has 0 spiro atoms. The molecule has 4 rings (SSSR count). The molecule has 0 saturated carbocycles. The van der Waals surface area contributed by atoms with Crippen molar-refractivity contribution in [3.05, 3.63) is 95.3 Å². The second-order valence-electron chi connectivity index (χ2n) is 6.88. The van der Waals surface area contributed by atoms with E-state index < -0.39 is 24.5 Å². The third kappa shape index (κ3) is 4.45. The van der Waals surface area contributed by atoms with Crippen LogP contribution in [0.3, 0.4) is 0 Å². The molecule has 1 N–H and O–H groups in total. The number of nitrogens with one attached hydrogen (secondary N) is 1. The average molecular weight is 391 g/mol. The van der Waals surface area contributed by atoms with Gasteiger partial charge < -0.3 is 19.5 Å². The lowest BCUT2D eigenvalue weighted by atomic mass is 10.1. The fraction of sp³-hybridized carbons (Fsp3) is 0.217. The maximum Gasteiger partial charge on any atom is 0.354 e. The summed E-state index contributed by atoms with van der Waals surface area (Å²) in [6.07, 6.45) is 1.69. The molecule has 0 radical (unpaired) electrons. The molecule has 29 heavy (non-hydrogen) atoms.